The third-order valence-corrected chi connectivity index (χ3v) is 0.844. The van der Waals surface area contributed by atoms with E-state index in [0.29, 0.717) is 0 Å². The Morgan fingerprint density at radius 2 is 2.10 bits per heavy atom. The first-order valence-corrected chi connectivity index (χ1v) is 3.56. The first-order valence-electron chi connectivity index (χ1n) is 3.56. The molecule has 0 aromatic heterocycles. The molecule has 0 unspecified atom stereocenters. The van der Waals surface area contributed by atoms with Crippen LogP contribution in [-0.4, -0.2) is 0 Å². The summed E-state index contributed by atoms with van der Waals surface area (Å²) in [5.74, 6) is 0. The van der Waals surface area contributed by atoms with Crippen molar-refractivity contribution in [1.29, 1.82) is 5.26 Å². The van der Waals surface area contributed by atoms with E-state index in [-0.39, 0.29) is 0 Å². The van der Waals surface area contributed by atoms with Crippen molar-refractivity contribution < 1.29 is 0 Å². The second kappa shape index (κ2) is 10.9. The van der Waals surface area contributed by atoms with Crippen LogP contribution in [0.1, 0.15) is 27.2 Å². The van der Waals surface area contributed by atoms with E-state index in [2.05, 4.69) is 6.58 Å². The smallest absolute Gasteiger partial charge is 0.0946 e. The number of hydrogen-bond acceptors (Lipinski definition) is 1. The molecule has 0 saturated carbocycles. The van der Waals surface area contributed by atoms with Crippen LogP contribution in [0.3, 0.4) is 0 Å². The van der Waals surface area contributed by atoms with E-state index in [0.717, 1.165) is 12.0 Å². The maximum Gasteiger partial charge on any atom is 0.0946 e. The van der Waals surface area contributed by atoms with E-state index in [1.54, 1.807) is 12.2 Å². The average molecular weight is 137 g/mol. The summed E-state index contributed by atoms with van der Waals surface area (Å²) in [6.45, 7) is 9.41. The Bertz CT molecular complexity index is 137. The highest BCUT2D eigenvalue weighted by Crippen LogP contribution is 1.96. The van der Waals surface area contributed by atoms with Crippen LogP contribution >= 0.6 is 0 Å². The summed E-state index contributed by atoms with van der Waals surface area (Å²) in [5.41, 5.74) is 0.778. The first-order chi connectivity index (χ1) is 4.85. The fourth-order valence-electron chi connectivity index (χ4n) is 0.376. The van der Waals surface area contributed by atoms with Gasteiger partial charge < -0.3 is 0 Å². The summed E-state index contributed by atoms with van der Waals surface area (Å²) in [4.78, 5) is 0. The van der Waals surface area contributed by atoms with Crippen LogP contribution in [0.2, 0.25) is 0 Å². The lowest BCUT2D eigenvalue weighted by Crippen LogP contribution is -1.69. The maximum atomic E-state index is 8.29. The maximum absolute atomic E-state index is 8.29. The topological polar surface area (TPSA) is 23.8 Å². The molecule has 0 aromatic rings. The van der Waals surface area contributed by atoms with Crippen molar-refractivity contribution in [2.75, 3.05) is 0 Å². The zero-order chi connectivity index (χ0) is 8.41. The van der Waals surface area contributed by atoms with E-state index in [1.807, 2.05) is 26.8 Å². The number of rotatable bonds is 2. The molecule has 0 spiro atoms. The predicted molar refractivity (Wildman–Crippen MR) is 45.5 cm³/mol. The van der Waals surface area contributed by atoms with Crippen LogP contribution in [0.5, 0.6) is 0 Å². The van der Waals surface area contributed by atoms with Gasteiger partial charge in [-0.15, -0.1) is 0 Å². The zero-order valence-electron chi connectivity index (χ0n) is 7.02. The van der Waals surface area contributed by atoms with E-state index < -0.39 is 0 Å². The van der Waals surface area contributed by atoms with Gasteiger partial charge in [0.1, 0.15) is 0 Å². The number of nitrogens with zero attached hydrogens (tertiary/aromatic N) is 1. The molecule has 0 saturated heterocycles. The summed E-state index contributed by atoms with van der Waals surface area (Å²) < 4.78 is 0. The number of allylic oxidation sites excluding steroid dienone is 3. The summed E-state index contributed by atoms with van der Waals surface area (Å²) in [5, 5.41) is 8.29. The van der Waals surface area contributed by atoms with Crippen molar-refractivity contribution in [3.63, 3.8) is 0 Å². The standard InChI is InChI=1S/C7H9N.C2H6/c1-3-5-7(4-2)6-8;1-2/h3,5H,1,4H2,2H3;1-2H3/b7-5+;. The lowest BCUT2D eigenvalue weighted by atomic mass is 10.2. The van der Waals surface area contributed by atoms with Gasteiger partial charge in [-0.2, -0.15) is 5.26 Å². The van der Waals surface area contributed by atoms with Crippen molar-refractivity contribution in [1.82, 2.24) is 0 Å². The molecule has 0 N–H and O–H groups in total. The second-order valence-electron chi connectivity index (χ2n) is 1.39. The van der Waals surface area contributed by atoms with Gasteiger partial charge in [-0.3, -0.25) is 0 Å². The van der Waals surface area contributed by atoms with Crippen LogP contribution in [0.25, 0.3) is 0 Å². The van der Waals surface area contributed by atoms with Crippen LogP contribution in [0, 0.1) is 11.3 Å². The molecule has 0 aliphatic carbocycles. The molecule has 0 radical (unpaired) electrons. The van der Waals surface area contributed by atoms with Crippen LogP contribution in [-0.2, 0) is 0 Å². The molecule has 0 fully saturated rings. The minimum absolute atomic E-state index is 0.778. The molecule has 1 nitrogen and oxygen atoms in total. The SMILES string of the molecule is C=C/C=C(/C#N)CC.CC. The van der Waals surface area contributed by atoms with Crippen molar-refractivity contribution in [2.24, 2.45) is 0 Å². The van der Waals surface area contributed by atoms with E-state index >= 15 is 0 Å². The molecule has 10 heavy (non-hydrogen) atoms. The molecule has 0 atom stereocenters. The molecule has 56 valence electrons. The van der Waals surface area contributed by atoms with Crippen molar-refractivity contribution in [2.45, 2.75) is 27.2 Å². The Kier molecular flexibility index (Phi) is 12.7. The number of hydrogen-bond donors (Lipinski definition) is 0. The molecule has 0 bridgehead atoms. The van der Waals surface area contributed by atoms with E-state index in [4.69, 9.17) is 5.26 Å². The molecular weight excluding hydrogens is 122 g/mol. The fraction of sp³-hybridized carbons (Fsp3) is 0.444. The molecule has 1 heteroatoms. The van der Waals surface area contributed by atoms with Crippen LogP contribution in [0.15, 0.2) is 24.3 Å². The van der Waals surface area contributed by atoms with E-state index in [9.17, 15) is 0 Å². The van der Waals surface area contributed by atoms with Crippen molar-refractivity contribution in [3.8, 4) is 6.07 Å². The molecule has 0 amide bonds. The van der Waals surface area contributed by atoms with Crippen LogP contribution < -0.4 is 0 Å². The Balaban J connectivity index is 0. The quantitative estimate of drug-likeness (QED) is 0.424. The van der Waals surface area contributed by atoms with Gasteiger partial charge in [-0.1, -0.05) is 33.4 Å². The van der Waals surface area contributed by atoms with Crippen molar-refractivity contribution in [3.05, 3.63) is 24.3 Å². The van der Waals surface area contributed by atoms with Gasteiger partial charge in [-0.25, -0.2) is 0 Å². The minimum atomic E-state index is 0.778. The monoisotopic (exact) mass is 137 g/mol. The molecule has 0 heterocycles. The first kappa shape index (κ1) is 11.7. The van der Waals surface area contributed by atoms with Crippen LogP contribution in [0.4, 0.5) is 0 Å². The molecule has 0 rings (SSSR count). The Labute approximate surface area is 63.7 Å². The summed E-state index contributed by atoms with van der Waals surface area (Å²) in [6.07, 6.45) is 4.14. The molecular formula is C9H15N. The van der Waals surface area contributed by atoms with Gasteiger partial charge in [0.15, 0.2) is 0 Å². The third-order valence-electron chi connectivity index (χ3n) is 0.844. The lowest BCUT2D eigenvalue weighted by molar-refractivity contribution is 1.15. The molecule has 0 aromatic carbocycles. The van der Waals surface area contributed by atoms with Gasteiger partial charge in [0.05, 0.1) is 6.07 Å². The highest BCUT2D eigenvalue weighted by molar-refractivity contribution is 5.23. The highest BCUT2D eigenvalue weighted by Gasteiger charge is 1.83. The fourth-order valence-corrected chi connectivity index (χ4v) is 0.376. The summed E-state index contributed by atoms with van der Waals surface area (Å²) >= 11 is 0. The molecule has 0 aliphatic rings. The average Bonchev–Trinajstić information content (AvgIpc) is 2.04. The summed E-state index contributed by atoms with van der Waals surface area (Å²) in [7, 11) is 0. The predicted octanol–water partition coefficient (Wildman–Crippen LogP) is 3.06. The zero-order valence-corrected chi connectivity index (χ0v) is 7.02. The Morgan fingerprint density at radius 1 is 1.60 bits per heavy atom. The second-order valence-corrected chi connectivity index (χ2v) is 1.39. The summed E-state index contributed by atoms with van der Waals surface area (Å²) in [6, 6.07) is 2.04. The third kappa shape index (κ3) is 6.97. The van der Waals surface area contributed by atoms with Gasteiger partial charge in [-0.05, 0) is 12.5 Å². The van der Waals surface area contributed by atoms with Crippen molar-refractivity contribution >= 4 is 0 Å². The number of nitriles is 1. The van der Waals surface area contributed by atoms with Gasteiger partial charge >= 0.3 is 0 Å². The van der Waals surface area contributed by atoms with Gasteiger partial charge in [0.25, 0.3) is 0 Å². The lowest BCUT2D eigenvalue weighted by Gasteiger charge is -1.82. The minimum Gasteiger partial charge on any atom is -0.193 e. The molecule has 0 aliphatic heterocycles. The van der Waals surface area contributed by atoms with Gasteiger partial charge in [0.2, 0.25) is 0 Å². The highest BCUT2D eigenvalue weighted by atomic mass is 14.2. The van der Waals surface area contributed by atoms with Gasteiger partial charge in [0, 0.05) is 5.57 Å². The Hall–Kier alpha value is -1.03. The van der Waals surface area contributed by atoms with E-state index in [1.165, 1.54) is 0 Å². The normalized spacial score (nSPS) is 8.80. The largest absolute Gasteiger partial charge is 0.193 e. The Morgan fingerprint density at radius 3 is 2.20 bits per heavy atom.